The summed E-state index contributed by atoms with van der Waals surface area (Å²) in [5.41, 5.74) is -0.0812. The molecular weight excluding hydrogens is 614 g/mol. The van der Waals surface area contributed by atoms with Gasteiger partial charge in [-0.05, 0) is 42.0 Å². The molecule has 1 fully saturated rings. The van der Waals surface area contributed by atoms with Gasteiger partial charge in [0.15, 0.2) is 0 Å². The molecule has 0 heterocycles. The van der Waals surface area contributed by atoms with Gasteiger partial charge in [-0.15, -0.1) is 23.2 Å². The van der Waals surface area contributed by atoms with Crippen LogP contribution in [0.1, 0.15) is 21.8 Å². The number of benzene rings is 3. The SMILES string of the molecule is O=C(Nc1cc(F)cc([N+](=O)[O-])c1)c1cc(NC(=O)[C@H]2[C@H](c3cc(Cl)c(Cl)c(Cl)c3)C2(Cl)Cl)ccc1Cl. The first kappa shape index (κ1) is 27.7. The number of non-ortho nitro benzene ring substituents is 1. The molecule has 2 atom stereocenters. The molecular formula is C23H12Cl6FN3O4. The Morgan fingerprint density at radius 3 is 2.16 bits per heavy atom. The largest absolute Gasteiger partial charge is 0.326 e. The molecule has 0 saturated heterocycles. The summed E-state index contributed by atoms with van der Waals surface area (Å²) in [6, 6.07) is 9.74. The maximum Gasteiger partial charge on any atom is 0.274 e. The standard InChI is InChI=1S/C23H12Cl6FN3O4/c24-15-2-1-11(8-14(15)21(34)32-12-5-10(30)6-13(7-12)33(36)37)31-22(35)19-18(23(19,28)29)9-3-16(25)20(27)17(26)4-9/h1-8,18-19H,(H,31,35)(H,32,34)/t18-,19+/m0/s1. The Bertz CT molecular complexity index is 1450. The van der Waals surface area contributed by atoms with Gasteiger partial charge >= 0.3 is 0 Å². The highest BCUT2D eigenvalue weighted by atomic mass is 35.5. The van der Waals surface area contributed by atoms with Crippen molar-refractivity contribution in [1.82, 2.24) is 0 Å². The molecule has 0 aliphatic heterocycles. The Balaban J connectivity index is 1.53. The van der Waals surface area contributed by atoms with E-state index in [1.165, 1.54) is 30.3 Å². The van der Waals surface area contributed by atoms with Crippen LogP contribution in [0.5, 0.6) is 0 Å². The number of hydrogen-bond donors (Lipinski definition) is 2. The van der Waals surface area contributed by atoms with Gasteiger partial charge in [0.05, 0.1) is 48.2 Å². The van der Waals surface area contributed by atoms with Gasteiger partial charge in [0.25, 0.3) is 11.6 Å². The van der Waals surface area contributed by atoms with E-state index in [1.807, 2.05) is 0 Å². The summed E-state index contributed by atoms with van der Waals surface area (Å²) in [5, 5.41) is 16.5. The maximum atomic E-state index is 13.7. The predicted octanol–water partition coefficient (Wildman–Crippen LogP) is 8.13. The number of alkyl halides is 2. The Labute approximate surface area is 238 Å². The van der Waals surface area contributed by atoms with Gasteiger partial charge in [-0.2, -0.15) is 0 Å². The summed E-state index contributed by atoms with van der Waals surface area (Å²) >= 11 is 37.1. The van der Waals surface area contributed by atoms with E-state index < -0.39 is 44.4 Å². The Morgan fingerprint density at radius 1 is 0.892 bits per heavy atom. The van der Waals surface area contributed by atoms with E-state index in [0.717, 1.165) is 12.1 Å². The lowest BCUT2D eigenvalue weighted by molar-refractivity contribution is -0.385. The molecule has 4 rings (SSSR count). The Hall–Kier alpha value is -2.33. The minimum atomic E-state index is -1.46. The summed E-state index contributed by atoms with van der Waals surface area (Å²) in [7, 11) is 0. The number of anilines is 2. The molecule has 1 aliphatic rings. The van der Waals surface area contributed by atoms with Crippen LogP contribution in [-0.4, -0.2) is 21.1 Å². The third kappa shape index (κ3) is 5.74. The van der Waals surface area contributed by atoms with E-state index in [4.69, 9.17) is 69.6 Å². The van der Waals surface area contributed by atoms with Crippen LogP contribution in [-0.2, 0) is 4.79 Å². The van der Waals surface area contributed by atoms with Crippen LogP contribution in [0.3, 0.4) is 0 Å². The lowest BCUT2D eigenvalue weighted by Gasteiger charge is -2.10. The fraction of sp³-hybridized carbons (Fsp3) is 0.130. The van der Waals surface area contributed by atoms with Gasteiger partial charge in [-0.3, -0.25) is 19.7 Å². The molecule has 0 unspecified atom stereocenters. The van der Waals surface area contributed by atoms with E-state index in [9.17, 15) is 24.1 Å². The van der Waals surface area contributed by atoms with Crippen molar-refractivity contribution in [1.29, 1.82) is 0 Å². The van der Waals surface area contributed by atoms with Gasteiger partial charge < -0.3 is 10.6 Å². The average Bonchev–Trinajstić information content (AvgIpc) is 3.39. The first-order valence-electron chi connectivity index (χ1n) is 10.2. The zero-order chi connectivity index (χ0) is 27.2. The van der Waals surface area contributed by atoms with Crippen LogP contribution in [0.4, 0.5) is 21.5 Å². The maximum absolute atomic E-state index is 13.7. The molecule has 1 saturated carbocycles. The number of rotatable bonds is 6. The zero-order valence-electron chi connectivity index (χ0n) is 18.0. The predicted molar refractivity (Wildman–Crippen MR) is 143 cm³/mol. The van der Waals surface area contributed by atoms with Gasteiger partial charge in [0.2, 0.25) is 5.91 Å². The Morgan fingerprint density at radius 2 is 1.54 bits per heavy atom. The van der Waals surface area contributed by atoms with Crippen LogP contribution in [0, 0.1) is 21.8 Å². The van der Waals surface area contributed by atoms with Crippen molar-refractivity contribution in [3.8, 4) is 0 Å². The number of halogens is 7. The van der Waals surface area contributed by atoms with Crippen molar-refractivity contribution < 1.29 is 18.9 Å². The van der Waals surface area contributed by atoms with Gasteiger partial charge in [0.1, 0.15) is 10.2 Å². The summed E-state index contributed by atoms with van der Waals surface area (Å²) in [5.74, 6) is -3.78. The molecule has 14 heteroatoms. The second-order valence-electron chi connectivity index (χ2n) is 8.02. The van der Waals surface area contributed by atoms with Crippen LogP contribution in [0.2, 0.25) is 20.1 Å². The number of hydrogen-bond acceptors (Lipinski definition) is 4. The molecule has 0 radical (unpaired) electrons. The van der Waals surface area contributed by atoms with Crippen LogP contribution in [0.25, 0.3) is 0 Å². The highest BCUT2D eigenvalue weighted by Crippen LogP contribution is 2.65. The fourth-order valence-corrected chi connectivity index (χ4v) is 5.41. The normalized spacial score (nSPS) is 17.7. The van der Waals surface area contributed by atoms with Crippen LogP contribution < -0.4 is 10.6 Å². The minimum Gasteiger partial charge on any atom is -0.326 e. The van der Waals surface area contributed by atoms with Crippen molar-refractivity contribution in [2.24, 2.45) is 5.92 Å². The second kappa shape index (κ2) is 10.4. The van der Waals surface area contributed by atoms with Crippen molar-refractivity contribution >= 4 is 98.5 Å². The summed E-state index contributed by atoms with van der Waals surface area (Å²) in [4.78, 5) is 35.9. The number of carbonyl (C=O) groups excluding carboxylic acids is 2. The number of amides is 2. The van der Waals surface area contributed by atoms with Crippen molar-refractivity contribution in [3.63, 3.8) is 0 Å². The molecule has 0 spiro atoms. The highest BCUT2D eigenvalue weighted by molar-refractivity contribution is 6.54. The smallest absolute Gasteiger partial charge is 0.274 e. The lowest BCUT2D eigenvalue weighted by Crippen LogP contribution is -2.18. The third-order valence-electron chi connectivity index (χ3n) is 5.53. The second-order valence-corrected chi connectivity index (χ2v) is 11.1. The van der Waals surface area contributed by atoms with Crippen molar-refractivity contribution in [2.45, 2.75) is 10.3 Å². The van der Waals surface area contributed by atoms with Crippen LogP contribution >= 0.6 is 69.6 Å². The molecule has 37 heavy (non-hydrogen) atoms. The summed E-state index contributed by atoms with van der Waals surface area (Å²) in [6.45, 7) is 0. The molecule has 0 bridgehead atoms. The number of nitro groups is 1. The summed E-state index contributed by atoms with van der Waals surface area (Å²) < 4.78 is 12.3. The topological polar surface area (TPSA) is 101 Å². The monoisotopic (exact) mass is 623 g/mol. The molecule has 2 amide bonds. The lowest BCUT2D eigenvalue weighted by atomic mass is 10.1. The van der Waals surface area contributed by atoms with E-state index in [1.54, 1.807) is 0 Å². The molecule has 0 aromatic heterocycles. The number of nitrogens with one attached hydrogen (secondary N) is 2. The minimum absolute atomic E-state index is 0.0141. The molecule has 1 aliphatic carbocycles. The van der Waals surface area contributed by atoms with E-state index in [0.29, 0.717) is 11.6 Å². The van der Waals surface area contributed by atoms with E-state index in [-0.39, 0.29) is 37.0 Å². The molecule has 192 valence electrons. The van der Waals surface area contributed by atoms with Gasteiger partial charge in [-0.25, -0.2) is 4.39 Å². The van der Waals surface area contributed by atoms with Gasteiger partial charge in [0, 0.05) is 17.7 Å². The molecule has 3 aromatic rings. The first-order valence-corrected chi connectivity index (χ1v) is 12.5. The quantitative estimate of drug-likeness (QED) is 0.125. The van der Waals surface area contributed by atoms with Crippen molar-refractivity contribution in [2.75, 3.05) is 10.6 Å². The van der Waals surface area contributed by atoms with Crippen molar-refractivity contribution in [3.05, 3.63) is 95.7 Å². The van der Waals surface area contributed by atoms with E-state index in [2.05, 4.69) is 10.6 Å². The average molecular weight is 626 g/mol. The third-order valence-corrected chi connectivity index (χ3v) is 8.00. The highest BCUT2D eigenvalue weighted by Gasteiger charge is 2.67. The molecule has 2 N–H and O–H groups in total. The molecule has 7 nitrogen and oxygen atoms in total. The van der Waals surface area contributed by atoms with Gasteiger partial charge in [-0.1, -0.05) is 46.4 Å². The number of carbonyl (C=O) groups is 2. The number of nitrogens with zero attached hydrogens (tertiary/aromatic N) is 1. The number of nitro benzene ring substituents is 1. The molecule has 3 aromatic carbocycles. The first-order chi connectivity index (χ1) is 17.3. The summed E-state index contributed by atoms with van der Waals surface area (Å²) in [6.07, 6.45) is 0. The fourth-order valence-electron chi connectivity index (χ4n) is 3.77. The zero-order valence-corrected chi connectivity index (χ0v) is 22.5. The van der Waals surface area contributed by atoms with E-state index >= 15 is 0 Å². The van der Waals surface area contributed by atoms with Crippen LogP contribution in [0.15, 0.2) is 48.5 Å². The Kier molecular flexibility index (Phi) is 7.82.